The highest BCUT2D eigenvalue weighted by atomic mass is 16.5. The number of nitriles is 1. The largest absolute Gasteiger partial charge is 0.468 e. The summed E-state index contributed by atoms with van der Waals surface area (Å²) in [6, 6.07) is 5.40. The average Bonchev–Trinajstić information content (AvgIpc) is 3.01. The molecule has 0 saturated heterocycles. The molecular formula is C16H18N2O4. The van der Waals surface area contributed by atoms with E-state index in [1.807, 2.05) is 13.0 Å². The van der Waals surface area contributed by atoms with E-state index in [1.165, 1.54) is 6.26 Å². The van der Waals surface area contributed by atoms with Crippen LogP contribution in [0, 0.1) is 11.3 Å². The first-order valence-electron chi connectivity index (χ1n) is 7.15. The Bertz CT molecular complexity index is 650. The van der Waals surface area contributed by atoms with Crippen molar-refractivity contribution < 1.29 is 18.7 Å². The SMILES string of the molecule is CCCC1=C(C(=O)OCC)[C@H](c2ccco2)C(C#N)=C(N)O1. The Balaban J connectivity index is 2.59. The predicted octanol–water partition coefficient (Wildman–Crippen LogP) is 2.70. The van der Waals surface area contributed by atoms with Crippen LogP contribution < -0.4 is 5.73 Å². The minimum Gasteiger partial charge on any atom is -0.468 e. The van der Waals surface area contributed by atoms with Crippen LogP contribution in [0.5, 0.6) is 0 Å². The molecule has 1 aliphatic heterocycles. The fraction of sp³-hybridized carbons (Fsp3) is 0.375. The smallest absolute Gasteiger partial charge is 0.338 e. The van der Waals surface area contributed by atoms with Gasteiger partial charge in [0.1, 0.15) is 23.2 Å². The van der Waals surface area contributed by atoms with Crippen molar-refractivity contribution in [1.82, 2.24) is 0 Å². The summed E-state index contributed by atoms with van der Waals surface area (Å²) in [6.45, 7) is 3.91. The van der Waals surface area contributed by atoms with Crippen LogP contribution in [0.2, 0.25) is 0 Å². The van der Waals surface area contributed by atoms with Crippen molar-refractivity contribution in [2.24, 2.45) is 5.73 Å². The van der Waals surface area contributed by atoms with E-state index in [0.29, 0.717) is 17.9 Å². The number of nitrogens with two attached hydrogens (primary N) is 1. The molecule has 0 fully saturated rings. The first-order chi connectivity index (χ1) is 10.6. The zero-order valence-electron chi connectivity index (χ0n) is 12.6. The topological polar surface area (TPSA) is 98.5 Å². The maximum Gasteiger partial charge on any atom is 0.338 e. The quantitative estimate of drug-likeness (QED) is 0.840. The van der Waals surface area contributed by atoms with Gasteiger partial charge in [-0.15, -0.1) is 0 Å². The van der Waals surface area contributed by atoms with E-state index in [0.717, 1.165) is 6.42 Å². The fourth-order valence-corrected chi connectivity index (χ4v) is 2.40. The average molecular weight is 302 g/mol. The van der Waals surface area contributed by atoms with Gasteiger partial charge in [-0.2, -0.15) is 5.26 Å². The van der Waals surface area contributed by atoms with Crippen molar-refractivity contribution in [2.75, 3.05) is 6.61 Å². The van der Waals surface area contributed by atoms with E-state index < -0.39 is 11.9 Å². The Kier molecular flexibility index (Phi) is 4.89. The summed E-state index contributed by atoms with van der Waals surface area (Å²) < 4.78 is 16.0. The summed E-state index contributed by atoms with van der Waals surface area (Å²) in [6.07, 6.45) is 2.77. The molecule has 1 aliphatic rings. The number of furan rings is 1. The van der Waals surface area contributed by atoms with Gasteiger partial charge in [0, 0.05) is 6.42 Å². The molecule has 116 valence electrons. The van der Waals surface area contributed by atoms with Crippen LogP contribution in [-0.2, 0) is 14.3 Å². The Labute approximate surface area is 128 Å². The second-order valence-corrected chi connectivity index (χ2v) is 4.75. The van der Waals surface area contributed by atoms with E-state index in [-0.39, 0.29) is 23.6 Å². The molecule has 0 aliphatic carbocycles. The highest BCUT2D eigenvalue weighted by Crippen LogP contribution is 2.40. The minimum absolute atomic E-state index is 0.000369. The zero-order chi connectivity index (χ0) is 16.1. The molecule has 6 nitrogen and oxygen atoms in total. The van der Waals surface area contributed by atoms with Gasteiger partial charge in [0.25, 0.3) is 0 Å². The van der Waals surface area contributed by atoms with Gasteiger partial charge in [0.15, 0.2) is 0 Å². The maximum absolute atomic E-state index is 12.4. The second-order valence-electron chi connectivity index (χ2n) is 4.75. The van der Waals surface area contributed by atoms with E-state index in [4.69, 9.17) is 19.6 Å². The summed E-state index contributed by atoms with van der Waals surface area (Å²) in [7, 11) is 0. The van der Waals surface area contributed by atoms with Crippen LogP contribution in [0.25, 0.3) is 0 Å². The molecule has 0 aromatic carbocycles. The fourth-order valence-electron chi connectivity index (χ4n) is 2.40. The third kappa shape index (κ3) is 2.84. The van der Waals surface area contributed by atoms with Gasteiger partial charge in [-0.3, -0.25) is 0 Å². The number of esters is 1. The molecule has 0 bridgehead atoms. The van der Waals surface area contributed by atoms with Crippen LogP contribution in [0.4, 0.5) is 0 Å². The normalized spacial score (nSPS) is 18.0. The predicted molar refractivity (Wildman–Crippen MR) is 77.9 cm³/mol. The third-order valence-corrected chi connectivity index (χ3v) is 3.30. The van der Waals surface area contributed by atoms with Crippen LogP contribution in [-0.4, -0.2) is 12.6 Å². The van der Waals surface area contributed by atoms with Gasteiger partial charge in [0.05, 0.1) is 24.4 Å². The van der Waals surface area contributed by atoms with Gasteiger partial charge < -0.3 is 19.6 Å². The number of allylic oxidation sites excluding steroid dienone is 2. The highest BCUT2D eigenvalue weighted by Gasteiger charge is 2.38. The number of hydrogen-bond acceptors (Lipinski definition) is 6. The van der Waals surface area contributed by atoms with Gasteiger partial charge >= 0.3 is 5.97 Å². The molecular weight excluding hydrogens is 284 g/mol. The molecule has 0 spiro atoms. The summed E-state index contributed by atoms with van der Waals surface area (Å²) in [4.78, 5) is 12.4. The third-order valence-electron chi connectivity index (χ3n) is 3.30. The Morgan fingerprint density at radius 1 is 1.50 bits per heavy atom. The van der Waals surface area contributed by atoms with Gasteiger partial charge in [-0.05, 0) is 25.5 Å². The molecule has 0 amide bonds. The number of hydrogen-bond donors (Lipinski definition) is 1. The molecule has 2 N–H and O–H groups in total. The first-order valence-corrected chi connectivity index (χ1v) is 7.15. The number of carbonyl (C=O) groups is 1. The molecule has 1 atom stereocenters. The van der Waals surface area contributed by atoms with E-state index in [2.05, 4.69) is 0 Å². The molecule has 22 heavy (non-hydrogen) atoms. The summed E-state index contributed by atoms with van der Waals surface area (Å²) >= 11 is 0. The van der Waals surface area contributed by atoms with Crippen LogP contribution in [0.3, 0.4) is 0 Å². The van der Waals surface area contributed by atoms with Crippen molar-refractivity contribution >= 4 is 5.97 Å². The summed E-state index contributed by atoms with van der Waals surface area (Å²) in [5.41, 5.74) is 6.28. The van der Waals surface area contributed by atoms with E-state index in [9.17, 15) is 10.1 Å². The molecule has 6 heteroatoms. The van der Waals surface area contributed by atoms with Crippen molar-refractivity contribution in [2.45, 2.75) is 32.6 Å². The Morgan fingerprint density at radius 3 is 2.82 bits per heavy atom. The number of ether oxygens (including phenoxy) is 2. The van der Waals surface area contributed by atoms with Gasteiger partial charge in [-0.1, -0.05) is 6.92 Å². The monoisotopic (exact) mass is 302 g/mol. The lowest BCUT2D eigenvalue weighted by molar-refractivity contribution is -0.139. The molecule has 0 unspecified atom stereocenters. The molecule has 1 aromatic rings. The first kappa shape index (κ1) is 15.7. The molecule has 0 saturated carbocycles. The van der Waals surface area contributed by atoms with Crippen molar-refractivity contribution in [3.63, 3.8) is 0 Å². The van der Waals surface area contributed by atoms with Crippen molar-refractivity contribution in [1.29, 1.82) is 5.26 Å². The second kappa shape index (κ2) is 6.85. The van der Waals surface area contributed by atoms with E-state index in [1.54, 1.807) is 19.1 Å². The van der Waals surface area contributed by atoms with Crippen molar-refractivity contribution in [3.05, 3.63) is 46.9 Å². The minimum atomic E-state index is -0.700. The lowest BCUT2D eigenvalue weighted by Gasteiger charge is -2.26. The molecule has 2 rings (SSSR count). The number of carbonyl (C=O) groups excluding carboxylic acids is 1. The zero-order valence-corrected chi connectivity index (χ0v) is 12.6. The summed E-state index contributed by atoms with van der Waals surface area (Å²) in [5, 5.41) is 9.39. The summed E-state index contributed by atoms with van der Waals surface area (Å²) in [5.74, 6) is -0.333. The standard InChI is InChI=1S/C16H18N2O4/c1-3-6-12-14(16(19)20-4-2)13(11-7-5-8-21-11)10(9-17)15(18)22-12/h5,7-8,13H,3-4,6,18H2,1-2H3/t13-/m0/s1. The van der Waals surface area contributed by atoms with Gasteiger partial charge in [0.2, 0.25) is 5.88 Å². The lowest BCUT2D eigenvalue weighted by atomic mass is 9.86. The van der Waals surface area contributed by atoms with Crippen LogP contribution >= 0.6 is 0 Å². The van der Waals surface area contributed by atoms with Gasteiger partial charge in [-0.25, -0.2) is 4.79 Å². The molecule has 1 aromatic heterocycles. The van der Waals surface area contributed by atoms with E-state index >= 15 is 0 Å². The molecule has 2 heterocycles. The number of nitrogens with zero attached hydrogens (tertiary/aromatic N) is 1. The maximum atomic E-state index is 12.4. The Morgan fingerprint density at radius 2 is 2.27 bits per heavy atom. The van der Waals surface area contributed by atoms with Crippen LogP contribution in [0.1, 0.15) is 38.4 Å². The Hall–Kier alpha value is -2.68. The van der Waals surface area contributed by atoms with Crippen LogP contribution in [0.15, 0.2) is 45.6 Å². The highest BCUT2D eigenvalue weighted by molar-refractivity contribution is 5.92. The van der Waals surface area contributed by atoms with Crippen molar-refractivity contribution in [3.8, 4) is 6.07 Å². The number of rotatable bonds is 5. The molecule has 0 radical (unpaired) electrons. The lowest BCUT2D eigenvalue weighted by Crippen LogP contribution is -2.26.